The fourth-order valence-electron chi connectivity index (χ4n) is 2.40. The molecule has 1 N–H and O–H groups in total. The van der Waals surface area contributed by atoms with Gasteiger partial charge in [-0.2, -0.15) is 0 Å². The first-order valence-electron chi connectivity index (χ1n) is 6.94. The van der Waals surface area contributed by atoms with E-state index in [0.29, 0.717) is 6.42 Å². The second-order valence-electron chi connectivity index (χ2n) is 5.05. The van der Waals surface area contributed by atoms with Crippen LogP contribution in [0.5, 0.6) is 0 Å². The minimum Gasteiger partial charge on any atom is -0.310 e. The monoisotopic (exact) mass is 353 g/mol. The van der Waals surface area contributed by atoms with Gasteiger partial charge < -0.3 is 5.32 Å². The molecule has 1 nitrogen and oxygen atoms in total. The molecule has 1 unspecified atom stereocenters. The van der Waals surface area contributed by atoms with E-state index in [1.54, 1.807) is 18.2 Å². The molecule has 112 valence electrons. The summed E-state index contributed by atoms with van der Waals surface area (Å²) in [5.41, 5.74) is 2.98. The van der Waals surface area contributed by atoms with Crippen molar-refractivity contribution in [2.45, 2.75) is 26.3 Å². The number of hydrogen-bond donors (Lipinski definition) is 1. The van der Waals surface area contributed by atoms with Gasteiger partial charge in [0.15, 0.2) is 0 Å². The Morgan fingerprint density at radius 1 is 1.10 bits per heavy atom. The van der Waals surface area contributed by atoms with Crippen LogP contribution in [0.1, 0.15) is 29.7 Å². The summed E-state index contributed by atoms with van der Waals surface area (Å²) in [6.45, 7) is 4.77. The van der Waals surface area contributed by atoms with Gasteiger partial charge in [-0.15, -0.1) is 0 Å². The van der Waals surface area contributed by atoms with Gasteiger partial charge in [0, 0.05) is 10.5 Å². The third-order valence-corrected chi connectivity index (χ3v) is 4.21. The Morgan fingerprint density at radius 2 is 1.76 bits per heavy atom. The Hall–Kier alpha value is -1.26. The van der Waals surface area contributed by atoms with E-state index in [2.05, 4.69) is 21.2 Å². The number of nitrogens with one attached hydrogen (secondary N) is 1. The summed E-state index contributed by atoms with van der Waals surface area (Å²) in [4.78, 5) is 0. The summed E-state index contributed by atoms with van der Waals surface area (Å²) < 4.78 is 27.4. The number of aryl methyl sites for hydroxylation is 1. The van der Waals surface area contributed by atoms with Crippen LogP contribution in [0.3, 0.4) is 0 Å². The first-order chi connectivity index (χ1) is 10.0. The van der Waals surface area contributed by atoms with Crippen LogP contribution >= 0.6 is 15.9 Å². The number of rotatable bonds is 5. The minimum atomic E-state index is -0.275. The number of hydrogen-bond acceptors (Lipinski definition) is 1. The highest BCUT2D eigenvalue weighted by molar-refractivity contribution is 9.10. The van der Waals surface area contributed by atoms with Crippen molar-refractivity contribution in [3.05, 3.63) is 69.2 Å². The fourth-order valence-corrected chi connectivity index (χ4v) is 3.03. The lowest BCUT2D eigenvalue weighted by atomic mass is 9.96. The van der Waals surface area contributed by atoms with Crippen molar-refractivity contribution >= 4 is 15.9 Å². The molecule has 0 saturated heterocycles. The van der Waals surface area contributed by atoms with E-state index in [4.69, 9.17) is 0 Å². The lowest BCUT2D eigenvalue weighted by Gasteiger charge is -2.21. The molecule has 2 aromatic rings. The summed E-state index contributed by atoms with van der Waals surface area (Å²) in [5.74, 6) is -0.508. The lowest BCUT2D eigenvalue weighted by molar-refractivity contribution is 0.541. The SMILES string of the molecule is CCNC(Cc1cc(F)ccc1C)c1ccc(F)cc1Br. The molecule has 0 aliphatic heterocycles. The van der Waals surface area contributed by atoms with Crippen molar-refractivity contribution in [2.24, 2.45) is 0 Å². The van der Waals surface area contributed by atoms with Gasteiger partial charge in [0.2, 0.25) is 0 Å². The molecule has 0 aromatic heterocycles. The third kappa shape index (κ3) is 4.11. The van der Waals surface area contributed by atoms with E-state index in [-0.39, 0.29) is 17.7 Å². The summed E-state index contributed by atoms with van der Waals surface area (Å²) in [7, 11) is 0. The van der Waals surface area contributed by atoms with Gasteiger partial charge in [-0.1, -0.05) is 35.0 Å². The Balaban J connectivity index is 2.32. The maximum absolute atomic E-state index is 13.4. The van der Waals surface area contributed by atoms with Crippen molar-refractivity contribution in [1.29, 1.82) is 0 Å². The van der Waals surface area contributed by atoms with Crippen LogP contribution in [0.15, 0.2) is 40.9 Å². The topological polar surface area (TPSA) is 12.0 Å². The van der Waals surface area contributed by atoms with Crippen LogP contribution < -0.4 is 5.32 Å². The molecule has 21 heavy (non-hydrogen) atoms. The zero-order valence-electron chi connectivity index (χ0n) is 12.1. The second-order valence-corrected chi connectivity index (χ2v) is 5.91. The summed E-state index contributed by atoms with van der Waals surface area (Å²) in [5, 5.41) is 3.38. The molecular weight excluding hydrogens is 336 g/mol. The molecule has 0 amide bonds. The molecule has 2 rings (SSSR count). The van der Waals surface area contributed by atoms with Gasteiger partial charge in [-0.25, -0.2) is 8.78 Å². The third-order valence-electron chi connectivity index (χ3n) is 3.52. The largest absolute Gasteiger partial charge is 0.310 e. The van der Waals surface area contributed by atoms with E-state index in [1.165, 1.54) is 18.2 Å². The van der Waals surface area contributed by atoms with Gasteiger partial charge >= 0.3 is 0 Å². The quantitative estimate of drug-likeness (QED) is 0.803. The molecule has 1 atom stereocenters. The standard InChI is InChI=1S/C17H18BrF2N/c1-3-21-17(15-7-6-14(20)10-16(15)18)9-12-8-13(19)5-4-11(12)2/h4-8,10,17,21H,3,9H2,1-2H3. The smallest absolute Gasteiger partial charge is 0.124 e. The number of likely N-dealkylation sites (N-methyl/N-ethyl adjacent to an activating group) is 1. The van der Waals surface area contributed by atoms with Gasteiger partial charge in [-0.05, 0) is 60.8 Å². The van der Waals surface area contributed by atoms with Gasteiger partial charge in [0.1, 0.15) is 11.6 Å². The van der Waals surface area contributed by atoms with Crippen molar-refractivity contribution in [3.8, 4) is 0 Å². The first-order valence-corrected chi connectivity index (χ1v) is 7.74. The zero-order valence-corrected chi connectivity index (χ0v) is 13.7. The molecular formula is C17H18BrF2N. The molecule has 2 aromatic carbocycles. The van der Waals surface area contributed by atoms with Crippen LogP contribution in [-0.2, 0) is 6.42 Å². The highest BCUT2D eigenvalue weighted by Crippen LogP contribution is 2.28. The normalized spacial score (nSPS) is 12.4. The van der Waals surface area contributed by atoms with Crippen molar-refractivity contribution in [2.75, 3.05) is 6.54 Å². The molecule has 0 bridgehead atoms. The van der Waals surface area contributed by atoms with Crippen LogP contribution in [0.4, 0.5) is 8.78 Å². The van der Waals surface area contributed by atoms with Gasteiger partial charge in [0.05, 0.1) is 0 Å². The zero-order chi connectivity index (χ0) is 15.4. The van der Waals surface area contributed by atoms with E-state index in [9.17, 15) is 8.78 Å². The number of benzene rings is 2. The van der Waals surface area contributed by atoms with Gasteiger partial charge in [-0.3, -0.25) is 0 Å². The summed E-state index contributed by atoms with van der Waals surface area (Å²) in [6.07, 6.45) is 0.654. The first kappa shape index (κ1) is 16.1. The molecule has 0 spiro atoms. The van der Waals surface area contributed by atoms with Crippen LogP contribution in [0.25, 0.3) is 0 Å². The van der Waals surface area contributed by atoms with Gasteiger partial charge in [0.25, 0.3) is 0 Å². The fraction of sp³-hybridized carbons (Fsp3) is 0.294. The second kappa shape index (κ2) is 7.14. The van der Waals surface area contributed by atoms with Crippen LogP contribution in [0, 0.1) is 18.6 Å². The summed E-state index contributed by atoms with van der Waals surface area (Å²) in [6, 6.07) is 9.49. The Bertz CT molecular complexity index is 628. The number of halogens is 3. The van der Waals surface area contributed by atoms with E-state index in [1.807, 2.05) is 13.8 Å². The summed E-state index contributed by atoms with van der Waals surface area (Å²) >= 11 is 3.41. The van der Waals surface area contributed by atoms with E-state index < -0.39 is 0 Å². The van der Waals surface area contributed by atoms with Crippen molar-refractivity contribution in [3.63, 3.8) is 0 Å². The highest BCUT2D eigenvalue weighted by Gasteiger charge is 2.16. The Kier molecular flexibility index (Phi) is 5.48. The molecule has 0 radical (unpaired) electrons. The maximum Gasteiger partial charge on any atom is 0.124 e. The predicted molar refractivity (Wildman–Crippen MR) is 85.4 cm³/mol. The molecule has 0 saturated carbocycles. The highest BCUT2D eigenvalue weighted by atomic mass is 79.9. The molecule has 0 aliphatic rings. The lowest BCUT2D eigenvalue weighted by Crippen LogP contribution is -2.23. The molecule has 0 heterocycles. The average Bonchev–Trinajstić information content (AvgIpc) is 2.42. The predicted octanol–water partition coefficient (Wildman–Crippen LogP) is 4.93. The maximum atomic E-state index is 13.4. The van der Waals surface area contributed by atoms with E-state index in [0.717, 1.165) is 27.7 Å². The molecule has 0 fully saturated rings. The van der Waals surface area contributed by atoms with E-state index >= 15 is 0 Å². The van der Waals surface area contributed by atoms with Crippen molar-refractivity contribution < 1.29 is 8.78 Å². The average molecular weight is 354 g/mol. The molecule has 4 heteroatoms. The Labute approximate surface area is 132 Å². The molecule has 0 aliphatic carbocycles. The minimum absolute atomic E-state index is 0.00507. The van der Waals surface area contributed by atoms with Crippen LogP contribution in [0.2, 0.25) is 0 Å². The van der Waals surface area contributed by atoms with Crippen LogP contribution in [-0.4, -0.2) is 6.54 Å². The Morgan fingerprint density at radius 3 is 2.43 bits per heavy atom. The van der Waals surface area contributed by atoms with Crippen molar-refractivity contribution in [1.82, 2.24) is 5.32 Å².